The summed E-state index contributed by atoms with van der Waals surface area (Å²) in [4.78, 5) is 12.6. The predicted molar refractivity (Wildman–Crippen MR) is 146 cm³/mol. The van der Waals surface area contributed by atoms with E-state index < -0.39 is 23.8 Å². The van der Waals surface area contributed by atoms with E-state index >= 15 is 0 Å². The minimum Gasteiger partial charge on any atom is -0.493 e. The number of halogens is 1. The summed E-state index contributed by atoms with van der Waals surface area (Å²) in [5.41, 5.74) is 7.78. The predicted octanol–water partition coefficient (Wildman–Crippen LogP) is 5.99. The van der Waals surface area contributed by atoms with Crippen molar-refractivity contribution in [3.05, 3.63) is 89.1 Å². The fraction of sp³-hybridized carbons (Fsp3) is 0.290. The Kier molecular flexibility index (Phi) is 9.12. The van der Waals surface area contributed by atoms with E-state index in [1.165, 1.54) is 31.2 Å². The number of para-hydroxylation sites is 1. The lowest BCUT2D eigenvalue weighted by Crippen LogP contribution is -2.29. The van der Waals surface area contributed by atoms with Gasteiger partial charge in [-0.15, -0.1) is 0 Å². The molecule has 2 N–H and O–H groups in total. The zero-order chi connectivity index (χ0) is 28.6. The van der Waals surface area contributed by atoms with Gasteiger partial charge >= 0.3 is 5.97 Å². The van der Waals surface area contributed by atoms with Crippen molar-refractivity contribution in [2.24, 2.45) is 5.73 Å². The topological polar surface area (TPSA) is 113 Å². The zero-order valence-corrected chi connectivity index (χ0v) is 22.6. The number of allylic oxidation sites excluding steroid dienone is 1. The summed E-state index contributed by atoms with van der Waals surface area (Å²) < 4.78 is 42.0. The molecular weight excluding hydrogens is 515 g/mol. The first kappa shape index (κ1) is 28.3. The van der Waals surface area contributed by atoms with Gasteiger partial charge in [0.05, 0.1) is 19.6 Å². The van der Waals surface area contributed by atoms with Crippen LogP contribution in [0.15, 0.2) is 72.1 Å². The molecule has 3 aromatic rings. The molecule has 0 aromatic heterocycles. The highest BCUT2D eigenvalue weighted by atomic mass is 19.1. The third kappa shape index (κ3) is 6.29. The first-order chi connectivity index (χ1) is 19.4. The Balaban J connectivity index is 1.57. The Morgan fingerprint density at radius 1 is 1.10 bits per heavy atom. The fourth-order valence-electron chi connectivity index (χ4n) is 4.34. The lowest BCUT2D eigenvalue weighted by Gasteiger charge is -2.27. The number of carbonyl (C=O) groups excluding carboxylic acids is 1. The number of methoxy groups -OCH3 is 1. The van der Waals surface area contributed by atoms with E-state index in [0.29, 0.717) is 29.4 Å². The van der Waals surface area contributed by atoms with Crippen LogP contribution < -0.4 is 29.4 Å². The van der Waals surface area contributed by atoms with E-state index in [9.17, 15) is 14.4 Å². The Hall–Kier alpha value is -4.71. The Morgan fingerprint density at radius 2 is 1.90 bits per heavy atom. The third-order valence-corrected chi connectivity index (χ3v) is 6.41. The summed E-state index contributed by atoms with van der Waals surface area (Å²) in [6, 6.07) is 18.2. The molecule has 0 spiro atoms. The van der Waals surface area contributed by atoms with E-state index in [1.807, 2.05) is 18.2 Å². The Bertz CT molecular complexity index is 1450. The second-order valence-corrected chi connectivity index (χ2v) is 9.20. The van der Waals surface area contributed by atoms with E-state index in [2.05, 4.69) is 13.0 Å². The molecule has 3 aromatic carbocycles. The number of nitriles is 1. The molecule has 2 unspecified atom stereocenters. The number of hydrogen-bond acceptors (Lipinski definition) is 8. The molecule has 1 aliphatic rings. The van der Waals surface area contributed by atoms with Gasteiger partial charge in [0, 0.05) is 11.6 Å². The van der Waals surface area contributed by atoms with Crippen molar-refractivity contribution in [3.63, 3.8) is 0 Å². The number of rotatable bonds is 11. The normalized spacial score (nSPS) is 14.8. The van der Waals surface area contributed by atoms with Crippen LogP contribution in [0.25, 0.3) is 0 Å². The standard InChI is InChI=1S/C31H31FN2O6/c1-4-5-8-15-37-26-14-11-20(16-28(26)36-3)29-22-13-12-21(17-27(22)40-30(34)23(29)18-33)39-31(35)19(2)38-25-10-7-6-9-24(25)32/h6-7,9-14,16-17,19,29H,4-5,8,15,34H2,1-3H3. The lowest BCUT2D eigenvalue weighted by molar-refractivity contribution is -0.141. The molecule has 0 radical (unpaired) electrons. The number of esters is 1. The molecule has 1 heterocycles. The summed E-state index contributed by atoms with van der Waals surface area (Å²) in [5.74, 6) is -0.329. The molecule has 4 rings (SSSR count). The molecule has 40 heavy (non-hydrogen) atoms. The maximum atomic E-state index is 13.9. The van der Waals surface area contributed by atoms with Crippen molar-refractivity contribution in [2.45, 2.75) is 45.1 Å². The highest BCUT2D eigenvalue weighted by Crippen LogP contribution is 2.45. The van der Waals surface area contributed by atoms with Gasteiger partial charge < -0.3 is 29.4 Å². The largest absolute Gasteiger partial charge is 0.493 e. The van der Waals surface area contributed by atoms with Crippen LogP contribution in [0.2, 0.25) is 0 Å². The second kappa shape index (κ2) is 12.9. The Morgan fingerprint density at radius 3 is 2.62 bits per heavy atom. The van der Waals surface area contributed by atoms with Gasteiger partial charge in [0.25, 0.3) is 0 Å². The van der Waals surface area contributed by atoms with E-state index in [-0.39, 0.29) is 23.0 Å². The van der Waals surface area contributed by atoms with E-state index in [1.54, 1.807) is 25.3 Å². The first-order valence-electron chi connectivity index (χ1n) is 13.0. The van der Waals surface area contributed by atoms with Gasteiger partial charge in [-0.05, 0) is 49.2 Å². The maximum absolute atomic E-state index is 13.9. The van der Waals surface area contributed by atoms with Crippen molar-refractivity contribution in [1.29, 1.82) is 5.26 Å². The number of unbranched alkanes of at least 4 members (excludes halogenated alkanes) is 2. The van der Waals surface area contributed by atoms with Crippen molar-refractivity contribution < 1.29 is 32.9 Å². The summed E-state index contributed by atoms with van der Waals surface area (Å²) in [5, 5.41) is 9.91. The quantitative estimate of drug-likeness (QED) is 0.177. The first-order valence-corrected chi connectivity index (χ1v) is 13.0. The molecule has 0 aliphatic carbocycles. The van der Waals surface area contributed by atoms with Gasteiger partial charge in [0.1, 0.15) is 23.1 Å². The van der Waals surface area contributed by atoms with Crippen LogP contribution in [0.4, 0.5) is 4.39 Å². The maximum Gasteiger partial charge on any atom is 0.352 e. The van der Waals surface area contributed by atoms with Crippen molar-refractivity contribution in [2.75, 3.05) is 13.7 Å². The number of hydrogen-bond donors (Lipinski definition) is 1. The van der Waals surface area contributed by atoms with Crippen LogP contribution in [0, 0.1) is 17.1 Å². The van der Waals surface area contributed by atoms with Crippen molar-refractivity contribution in [3.8, 4) is 34.8 Å². The van der Waals surface area contributed by atoms with Crippen LogP contribution in [-0.2, 0) is 4.79 Å². The van der Waals surface area contributed by atoms with Crippen molar-refractivity contribution in [1.82, 2.24) is 0 Å². The zero-order valence-electron chi connectivity index (χ0n) is 22.6. The van der Waals surface area contributed by atoms with E-state index in [0.717, 1.165) is 24.8 Å². The number of fused-ring (bicyclic) bond motifs is 1. The number of nitrogens with two attached hydrogens (primary N) is 1. The number of benzene rings is 3. The summed E-state index contributed by atoms with van der Waals surface area (Å²) in [6.45, 7) is 4.17. The SMILES string of the molecule is CCCCCOc1ccc(C2C(C#N)=C(N)Oc3cc(OC(=O)C(C)Oc4ccccc4F)ccc32)cc1OC. The minimum atomic E-state index is -1.08. The summed E-state index contributed by atoms with van der Waals surface area (Å²) in [7, 11) is 1.56. The van der Waals surface area contributed by atoms with E-state index in [4.69, 9.17) is 29.4 Å². The van der Waals surface area contributed by atoms with Gasteiger partial charge in [-0.25, -0.2) is 9.18 Å². The third-order valence-electron chi connectivity index (χ3n) is 6.41. The van der Waals surface area contributed by atoms with Crippen LogP contribution in [0.3, 0.4) is 0 Å². The highest BCUT2D eigenvalue weighted by molar-refractivity contribution is 5.77. The Labute approximate surface area is 232 Å². The van der Waals surface area contributed by atoms with Crippen molar-refractivity contribution >= 4 is 5.97 Å². The number of carbonyl (C=O) groups is 1. The van der Waals surface area contributed by atoms with Gasteiger partial charge in [-0.2, -0.15) is 5.26 Å². The molecule has 9 heteroatoms. The molecule has 0 fully saturated rings. The summed E-state index contributed by atoms with van der Waals surface area (Å²) in [6.07, 6.45) is 2.03. The van der Waals surface area contributed by atoms with Gasteiger partial charge in [-0.3, -0.25) is 0 Å². The average molecular weight is 547 g/mol. The molecule has 0 amide bonds. The fourth-order valence-corrected chi connectivity index (χ4v) is 4.34. The second-order valence-electron chi connectivity index (χ2n) is 9.20. The van der Waals surface area contributed by atoms with Crippen LogP contribution >= 0.6 is 0 Å². The minimum absolute atomic E-state index is 0.0569. The average Bonchev–Trinajstić information content (AvgIpc) is 2.95. The van der Waals surface area contributed by atoms with Gasteiger partial charge in [0.2, 0.25) is 5.88 Å². The van der Waals surface area contributed by atoms with Crippen LogP contribution in [0.5, 0.6) is 28.7 Å². The molecule has 0 saturated carbocycles. The molecular formula is C31H31FN2O6. The number of nitrogens with zero attached hydrogens (tertiary/aromatic N) is 1. The monoisotopic (exact) mass is 546 g/mol. The van der Waals surface area contributed by atoms with Crippen LogP contribution in [-0.4, -0.2) is 25.8 Å². The number of ether oxygens (including phenoxy) is 5. The van der Waals surface area contributed by atoms with Gasteiger partial charge in [-0.1, -0.05) is 44.0 Å². The molecule has 2 atom stereocenters. The molecule has 0 saturated heterocycles. The van der Waals surface area contributed by atoms with Gasteiger partial charge in [0.15, 0.2) is 29.2 Å². The molecule has 1 aliphatic heterocycles. The summed E-state index contributed by atoms with van der Waals surface area (Å²) >= 11 is 0. The highest BCUT2D eigenvalue weighted by Gasteiger charge is 2.32. The molecule has 208 valence electrons. The smallest absolute Gasteiger partial charge is 0.352 e. The molecule has 8 nitrogen and oxygen atoms in total. The van der Waals surface area contributed by atoms with Crippen LogP contribution in [0.1, 0.15) is 50.2 Å². The molecule has 0 bridgehead atoms. The lowest BCUT2D eigenvalue weighted by atomic mass is 9.83.